The number of hydrogen-bond acceptors (Lipinski definition) is 9. The number of carbonyl (C=O) groups is 4. The van der Waals surface area contributed by atoms with E-state index in [4.69, 9.17) is 23.7 Å². The van der Waals surface area contributed by atoms with Crippen molar-refractivity contribution in [2.45, 2.75) is 116 Å². The third kappa shape index (κ3) is 12.6. The Morgan fingerprint density at radius 3 is 1.94 bits per heavy atom. The Hall–Kier alpha value is -2.16. The van der Waals surface area contributed by atoms with Crippen molar-refractivity contribution in [1.82, 2.24) is 0 Å². The molecule has 0 aliphatic carbocycles. The van der Waals surface area contributed by atoms with Crippen LogP contribution in [0.5, 0.6) is 0 Å². The summed E-state index contributed by atoms with van der Waals surface area (Å²) in [6.07, 6.45) is 6.80. The van der Waals surface area contributed by atoms with Crippen molar-refractivity contribution in [3.05, 3.63) is 0 Å². The molecule has 0 amide bonds. The first-order chi connectivity index (χ1) is 15.7. The number of rotatable bonds is 16. The van der Waals surface area contributed by atoms with Gasteiger partial charge in [0.25, 0.3) is 0 Å². The summed E-state index contributed by atoms with van der Waals surface area (Å²) in [6.45, 7) is 5.59. The maximum atomic E-state index is 12.2. The molecule has 0 radical (unpaired) electrons. The zero-order valence-corrected chi connectivity index (χ0v) is 20.5. The Balaban J connectivity index is 2.48. The van der Waals surface area contributed by atoms with E-state index in [9.17, 15) is 19.2 Å². The second-order valence-corrected chi connectivity index (χ2v) is 8.43. The van der Waals surface area contributed by atoms with Gasteiger partial charge in [0.2, 0.25) is 0 Å². The van der Waals surface area contributed by atoms with Crippen molar-refractivity contribution in [3.8, 4) is 0 Å². The average molecular weight is 473 g/mol. The van der Waals surface area contributed by atoms with Gasteiger partial charge in [-0.15, -0.1) is 0 Å². The third-order valence-corrected chi connectivity index (χ3v) is 5.34. The first-order valence-corrected chi connectivity index (χ1v) is 12.0. The highest BCUT2D eigenvalue weighted by Gasteiger charge is 2.47. The predicted molar refractivity (Wildman–Crippen MR) is 119 cm³/mol. The van der Waals surface area contributed by atoms with E-state index >= 15 is 0 Å². The molecule has 1 aliphatic rings. The topological polar surface area (TPSA) is 114 Å². The summed E-state index contributed by atoms with van der Waals surface area (Å²) in [7, 11) is 0. The van der Waals surface area contributed by atoms with Gasteiger partial charge in [-0.25, -0.2) is 0 Å². The normalized spacial score (nSPS) is 20.7. The van der Waals surface area contributed by atoms with Crippen molar-refractivity contribution >= 4 is 23.9 Å². The number of carbonyl (C=O) groups excluding carboxylic acids is 4. The minimum Gasteiger partial charge on any atom is -0.462 e. The molecule has 33 heavy (non-hydrogen) atoms. The lowest BCUT2D eigenvalue weighted by atomic mass is 10.1. The lowest BCUT2D eigenvalue weighted by Gasteiger charge is -2.27. The van der Waals surface area contributed by atoms with Crippen LogP contribution >= 0.6 is 0 Å². The summed E-state index contributed by atoms with van der Waals surface area (Å²) in [5, 5.41) is 0. The average Bonchev–Trinajstić information content (AvgIpc) is 3.10. The molecule has 0 aromatic carbocycles. The van der Waals surface area contributed by atoms with Gasteiger partial charge in [0.05, 0.1) is 6.61 Å². The molecule has 0 spiro atoms. The van der Waals surface area contributed by atoms with Crippen LogP contribution in [-0.2, 0) is 42.9 Å². The summed E-state index contributed by atoms with van der Waals surface area (Å²) in [5.41, 5.74) is 0. The largest absolute Gasteiger partial charge is 0.462 e. The van der Waals surface area contributed by atoms with Gasteiger partial charge in [0.1, 0.15) is 12.7 Å². The minimum absolute atomic E-state index is 0.0354. The molecule has 4 atom stereocenters. The lowest BCUT2D eigenvalue weighted by Crippen LogP contribution is -2.46. The molecule has 0 aromatic rings. The van der Waals surface area contributed by atoms with E-state index in [2.05, 4.69) is 6.92 Å². The predicted octanol–water partition coefficient (Wildman–Crippen LogP) is 3.64. The van der Waals surface area contributed by atoms with Crippen LogP contribution in [0.1, 0.15) is 91.9 Å². The van der Waals surface area contributed by atoms with Crippen LogP contribution < -0.4 is 0 Å². The molecule has 1 aliphatic heterocycles. The van der Waals surface area contributed by atoms with E-state index in [0.717, 1.165) is 19.3 Å². The van der Waals surface area contributed by atoms with Crippen LogP contribution in [-0.4, -0.2) is 61.5 Å². The molecule has 190 valence electrons. The molecule has 1 fully saturated rings. The summed E-state index contributed by atoms with van der Waals surface area (Å²) in [5.74, 6) is -2.15. The van der Waals surface area contributed by atoms with Gasteiger partial charge >= 0.3 is 23.9 Å². The maximum absolute atomic E-state index is 12.2. The molecule has 0 saturated carbocycles. The van der Waals surface area contributed by atoms with Crippen LogP contribution in [0, 0.1) is 0 Å². The quantitative estimate of drug-likeness (QED) is 0.189. The number of hydrogen-bond donors (Lipinski definition) is 0. The standard InChI is InChI=1S/C24H40O9/c1-5-6-7-8-9-10-11-12-13-14-22(28)29-15-20(31-17(2)25)23-24(33-19(4)27)21(16-30-23)32-18(3)26/h20-21,23-24H,5-16H2,1-4H3/t20-,21+,23-,24-/m1/s1. The van der Waals surface area contributed by atoms with Crippen LogP contribution in [0.3, 0.4) is 0 Å². The minimum atomic E-state index is -1.00. The molecule has 0 N–H and O–H groups in total. The number of unbranched alkanes of at least 4 members (excludes halogenated alkanes) is 8. The zero-order valence-electron chi connectivity index (χ0n) is 20.5. The van der Waals surface area contributed by atoms with Crippen LogP contribution in [0.2, 0.25) is 0 Å². The van der Waals surface area contributed by atoms with Crippen molar-refractivity contribution in [3.63, 3.8) is 0 Å². The Morgan fingerprint density at radius 1 is 0.818 bits per heavy atom. The van der Waals surface area contributed by atoms with Crippen LogP contribution in [0.4, 0.5) is 0 Å². The van der Waals surface area contributed by atoms with E-state index in [1.54, 1.807) is 0 Å². The fraction of sp³-hybridized carbons (Fsp3) is 0.833. The molecule has 1 rings (SSSR count). The van der Waals surface area contributed by atoms with Crippen LogP contribution in [0.25, 0.3) is 0 Å². The van der Waals surface area contributed by atoms with Gasteiger partial charge in [-0.3, -0.25) is 19.2 Å². The Kier molecular flexibility index (Phi) is 14.4. The molecule has 0 aromatic heterocycles. The van der Waals surface area contributed by atoms with Crippen LogP contribution in [0.15, 0.2) is 0 Å². The Bertz CT molecular complexity index is 619. The highest BCUT2D eigenvalue weighted by atomic mass is 16.7. The Morgan fingerprint density at radius 2 is 1.39 bits per heavy atom. The summed E-state index contributed by atoms with van der Waals surface area (Å²) >= 11 is 0. The molecule has 0 unspecified atom stereocenters. The van der Waals surface area contributed by atoms with E-state index < -0.39 is 48.3 Å². The zero-order chi connectivity index (χ0) is 24.6. The van der Waals surface area contributed by atoms with Gasteiger partial charge < -0.3 is 23.7 Å². The molecule has 9 nitrogen and oxygen atoms in total. The van der Waals surface area contributed by atoms with E-state index in [0.29, 0.717) is 0 Å². The van der Waals surface area contributed by atoms with Crippen molar-refractivity contribution in [2.75, 3.05) is 13.2 Å². The van der Waals surface area contributed by atoms with Gasteiger partial charge in [0.15, 0.2) is 18.3 Å². The first kappa shape index (κ1) is 28.9. The summed E-state index contributed by atoms with van der Waals surface area (Å²) < 4.78 is 26.6. The van der Waals surface area contributed by atoms with E-state index in [1.165, 1.54) is 59.3 Å². The van der Waals surface area contributed by atoms with Crippen molar-refractivity contribution < 1.29 is 42.9 Å². The molecule has 0 bridgehead atoms. The van der Waals surface area contributed by atoms with E-state index in [-0.39, 0.29) is 19.6 Å². The highest BCUT2D eigenvalue weighted by Crippen LogP contribution is 2.26. The fourth-order valence-corrected chi connectivity index (χ4v) is 3.81. The Labute approximate surface area is 196 Å². The lowest BCUT2D eigenvalue weighted by molar-refractivity contribution is -0.177. The molecule has 9 heteroatoms. The molecule has 1 heterocycles. The second-order valence-electron chi connectivity index (χ2n) is 8.43. The summed E-state index contributed by atoms with van der Waals surface area (Å²) in [4.78, 5) is 46.6. The van der Waals surface area contributed by atoms with Gasteiger partial charge in [-0.05, 0) is 6.42 Å². The molecular weight excluding hydrogens is 432 g/mol. The molecular formula is C24H40O9. The highest BCUT2D eigenvalue weighted by molar-refractivity contribution is 5.69. The maximum Gasteiger partial charge on any atom is 0.305 e. The third-order valence-electron chi connectivity index (χ3n) is 5.34. The van der Waals surface area contributed by atoms with E-state index in [1.807, 2.05) is 0 Å². The van der Waals surface area contributed by atoms with Gasteiger partial charge in [0, 0.05) is 27.2 Å². The molecule has 1 saturated heterocycles. The smallest absolute Gasteiger partial charge is 0.305 e. The van der Waals surface area contributed by atoms with Crippen molar-refractivity contribution in [1.29, 1.82) is 0 Å². The SMILES string of the molecule is CCCCCCCCCCCC(=O)OC[C@@H](OC(C)=O)[C@H]1OC[C@H](OC(C)=O)[C@H]1OC(C)=O. The van der Waals surface area contributed by atoms with Gasteiger partial charge in [-0.2, -0.15) is 0 Å². The first-order valence-electron chi connectivity index (χ1n) is 12.0. The fourth-order valence-electron chi connectivity index (χ4n) is 3.81. The summed E-state index contributed by atoms with van der Waals surface area (Å²) in [6, 6.07) is 0. The number of esters is 4. The second kappa shape index (κ2) is 16.5. The monoisotopic (exact) mass is 472 g/mol. The van der Waals surface area contributed by atoms with Crippen molar-refractivity contribution in [2.24, 2.45) is 0 Å². The van der Waals surface area contributed by atoms with Gasteiger partial charge in [-0.1, -0.05) is 58.3 Å². The number of ether oxygens (including phenoxy) is 5.